The van der Waals surface area contributed by atoms with Gasteiger partial charge in [0.25, 0.3) is 0 Å². The molecule has 3 aliphatic rings. The highest BCUT2D eigenvalue weighted by Gasteiger charge is 2.50. The lowest BCUT2D eigenvalue weighted by Crippen LogP contribution is -3.00. The van der Waals surface area contributed by atoms with E-state index in [9.17, 15) is 4.79 Å². The molecule has 2 bridgehead atoms. The molecule has 1 saturated carbocycles. The van der Waals surface area contributed by atoms with E-state index in [1.54, 1.807) is 0 Å². The van der Waals surface area contributed by atoms with Gasteiger partial charge in [0, 0.05) is 25.7 Å². The minimum absolute atomic E-state index is 0. The van der Waals surface area contributed by atoms with Gasteiger partial charge < -0.3 is 33.2 Å². The number of nitrogens with zero attached hydrogens (tertiary/aromatic N) is 1. The molecule has 1 aliphatic carbocycles. The van der Waals surface area contributed by atoms with Crippen LogP contribution in [-0.2, 0) is 9.53 Å². The molecule has 4 rings (SSSR count). The Labute approximate surface area is 175 Å². The van der Waals surface area contributed by atoms with Crippen LogP contribution in [0, 0.1) is 5.92 Å². The lowest BCUT2D eigenvalue weighted by atomic mass is 9.75. The molecule has 1 aromatic carbocycles. The molecule has 2 heterocycles. The number of piperidine rings is 1. The Bertz CT molecular complexity index is 602. The molecule has 3 nitrogen and oxygen atoms in total. The number of hydrogen-bond acceptors (Lipinski definition) is 2. The van der Waals surface area contributed by atoms with Gasteiger partial charge in [-0.25, -0.2) is 0 Å². The van der Waals surface area contributed by atoms with E-state index in [2.05, 4.69) is 44.4 Å². The molecule has 3 fully saturated rings. The first-order chi connectivity index (χ1) is 12.1. The quantitative estimate of drug-likeness (QED) is 0.379. The predicted molar refractivity (Wildman–Crippen MR) is 99.2 cm³/mol. The summed E-state index contributed by atoms with van der Waals surface area (Å²) in [4.78, 5) is 13.0. The first-order valence-corrected chi connectivity index (χ1v) is 10.1. The summed E-state index contributed by atoms with van der Waals surface area (Å²) in [5.41, 5.74) is 1.31. The average molecular weight is 469 g/mol. The van der Waals surface area contributed by atoms with Crippen LogP contribution in [-0.4, -0.2) is 42.7 Å². The van der Waals surface area contributed by atoms with Crippen LogP contribution < -0.4 is 24.0 Å². The Balaban J connectivity index is 0.00000196. The number of fused-ring (bicyclic) bond motifs is 2. The third-order valence-electron chi connectivity index (χ3n) is 7.36. The van der Waals surface area contributed by atoms with Crippen molar-refractivity contribution < 1.29 is 38.0 Å². The van der Waals surface area contributed by atoms with Crippen molar-refractivity contribution in [2.24, 2.45) is 5.92 Å². The van der Waals surface area contributed by atoms with Gasteiger partial charge in [0.05, 0.1) is 32.1 Å². The van der Waals surface area contributed by atoms with Crippen molar-refractivity contribution in [1.82, 2.24) is 0 Å². The Morgan fingerprint density at radius 3 is 2.23 bits per heavy atom. The van der Waals surface area contributed by atoms with Crippen LogP contribution in [0.2, 0.25) is 0 Å². The van der Waals surface area contributed by atoms with Gasteiger partial charge in [-0.15, -0.1) is 0 Å². The largest absolute Gasteiger partial charge is 1.00 e. The maximum absolute atomic E-state index is 13.0. The molecule has 0 radical (unpaired) electrons. The van der Waals surface area contributed by atoms with Crippen LogP contribution in [0.25, 0.3) is 0 Å². The number of carbonyl (C=O) groups excluding carboxylic acids is 1. The van der Waals surface area contributed by atoms with Crippen molar-refractivity contribution in [3.8, 4) is 0 Å². The maximum Gasteiger partial charge on any atom is 0.309 e. The van der Waals surface area contributed by atoms with E-state index in [-0.39, 0.29) is 42.0 Å². The van der Waals surface area contributed by atoms with Crippen molar-refractivity contribution in [3.05, 3.63) is 35.9 Å². The number of benzene rings is 1. The minimum Gasteiger partial charge on any atom is -1.00 e. The summed E-state index contributed by atoms with van der Waals surface area (Å²) in [5.74, 6) is 0.471. The van der Waals surface area contributed by atoms with E-state index < -0.39 is 0 Å². The number of rotatable bonds is 3. The standard InChI is InChI=1S/C22H32NO2.HI/c1-23(2)17-12-13-18(23)15-19(14-17)25-22(24)21-11-7-6-10-20(21)16-8-4-3-5-9-16;/h3-5,8-9,17-21H,6-7,10-15H2,1-2H3;1H/q+1;/p-1/t17-,18+,19?,20?,21?;. The molecule has 3 unspecified atom stereocenters. The molecule has 0 N–H and O–H groups in total. The van der Waals surface area contributed by atoms with E-state index >= 15 is 0 Å². The van der Waals surface area contributed by atoms with Crippen molar-refractivity contribution in [1.29, 1.82) is 0 Å². The van der Waals surface area contributed by atoms with Gasteiger partial charge in [0.15, 0.2) is 0 Å². The monoisotopic (exact) mass is 469 g/mol. The summed E-state index contributed by atoms with van der Waals surface area (Å²) in [7, 11) is 4.71. The molecule has 144 valence electrons. The molecular formula is C22H32INO2. The number of quaternary nitrogens is 1. The van der Waals surface area contributed by atoms with Gasteiger partial charge >= 0.3 is 5.97 Å². The van der Waals surface area contributed by atoms with Gasteiger partial charge in [-0.05, 0) is 24.3 Å². The highest BCUT2D eigenvalue weighted by atomic mass is 127. The second-order valence-corrected chi connectivity index (χ2v) is 8.95. The fourth-order valence-corrected chi connectivity index (χ4v) is 5.69. The lowest BCUT2D eigenvalue weighted by Gasteiger charge is -2.44. The molecular weight excluding hydrogens is 437 g/mol. The first-order valence-electron chi connectivity index (χ1n) is 10.1. The summed E-state index contributed by atoms with van der Waals surface area (Å²) in [6.07, 6.45) is 9.32. The van der Waals surface area contributed by atoms with E-state index in [1.807, 2.05) is 0 Å². The summed E-state index contributed by atoms with van der Waals surface area (Å²) in [5, 5.41) is 0. The molecule has 0 spiro atoms. The van der Waals surface area contributed by atoms with Crippen molar-refractivity contribution >= 4 is 5.97 Å². The van der Waals surface area contributed by atoms with Crippen LogP contribution in [0.3, 0.4) is 0 Å². The summed E-state index contributed by atoms with van der Waals surface area (Å²) >= 11 is 0. The van der Waals surface area contributed by atoms with E-state index in [0.29, 0.717) is 18.0 Å². The van der Waals surface area contributed by atoms with Crippen LogP contribution >= 0.6 is 0 Å². The molecule has 4 heteroatoms. The second kappa shape index (κ2) is 8.17. The fourth-order valence-electron chi connectivity index (χ4n) is 5.69. The van der Waals surface area contributed by atoms with Crippen LogP contribution in [0.5, 0.6) is 0 Å². The van der Waals surface area contributed by atoms with Gasteiger partial charge in [-0.1, -0.05) is 43.2 Å². The van der Waals surface area contributed by atoms with Gasteiger partial charge in [0.2, 0.25) is 0 Å². The molecule has 0 amide bonds. The Hall–Kier alpha value is -0.620. The number of esters is 1. The van der Waals surface area contributed by atoms with Gasteiger partial charge in [0.1, 0.15) is 6.10 Å². The van der Waals surface area contributed by atoms with E-state index in [1.165, 1.54) is 24.8 Å². The zero-order chi connectivity index (χ0) is 17.4. The first kappa shape index (κ1) is 20.1. The number of halogens is 1. The zero-order valence-electron chi connectivity index (χ0n) is 16.1. The molecule has 2 saturated heterocycles. The van der Waals surface area contributed by atoms with E-state index in [4.69, 9.17) is 4.74 Å². The highest BCUT2D eigenvalue weighted by Crippen LogP contribution is 2.42. The Morgan fingerprint density at radius 2 is 1.58 bits per heavy atom. The topological polar surface area (TPSA) is 26.3 Å². The molecule has 5 atom stereocenters. The normalized spacial score (nSPS) is 35.4. The van der Waals surface area contributed by atoms with Crippen molar-refractivity contribution in [3.63, 3.8) is 0 Å². The number of hydrogen-bond donors (Lipinski definition) is 0. The summed E-state index contributed by atoms with van der Waals surface area (Å²) in [6, 6.07) is 11.9. The molecule has 1 aromatic rings. The molecule has 0 aromatic heterocycles. The summed E-state index contributed by atoms with van der Waals surface area (Å²) < 4.78 is 7.24. The van der Waals surface area contributed by atoms with E-state index in [0.717, 1.165) is 36.6 Å². The van der Waals surface area contributed by atoms with Crippen LogP contribution in [0.1, 0.15) is 62.8 Å². The lowest BCUT2D eigenvalue weighted by molar-refractivity contribution is -0.931. The zero-order valence-corrected chi connectivity index (χ0v) is 18.2. The third-order valence-corrected chi connectivity index (χ3v) is 7.36. The Kier molecular flexibility index (Phi) is 6.33. The average Bonchev–Trinajstić information content (AvgIpc) is 2.79. The molecule has 2 aliphatic heterocycles. The summed E-state index contributed by atoms with van der Waals surface area (Å²) in [6.45, 7) is 0. The van der Waals surface area contributed by atoms with Gasteiger partial charge in [-0.3, -0.25) is 4.79 Å². The van der Waals surface area contributed by atoms with Crippen molar-refractivity contribution in [2.75, 3.05) is 14.1 Å². The van der Waals surface area contributed by atoms with Crippen LogP contribution in [0.4, 0.5) is 0 Å². The molecule has 26 heavy (non-hydrogen) atoms. The number of ether oxygens (including phenoxy) is 1. The van der Waals surface area contributed by atoms with Gasteiger partial charge in [-0.2, -0.15) is 0 Å². The predicted octanol–water partition coefficient (Wildman–Crippen LogP) is 1.28. The minimum atomic E-state index is 0. The number of carbonyl (C=O) groups is 1. The SMILES string of the molecule is C[N+]1(C)[C@@H]2CC[C@H]1CC(OC(=O)C1CCCCC1c1ccccc1)C2.[I-]. The fraction of sp³-hybridized carbons (Fsp3) is 0.682. The third kappa shape index (κ3) is 3.82. The second-order valence-electron chi connectivity index (χ2n) is 8.95. The Morgan fingerprint density at radius 1 is 0.962 bits per heavy atom. The van der Waals surface area contributed by atoms with Crippen molar-refractivity contribution in [2.45, 2.75) is 75.5 Å². The highest BCUT2D eigenvalue weighted by molar-refractivity contribution is 5.74. The maximum atomic E-state index is 13.0. The smallest absolute Gasteiger partial charge is 0.309 e. The van der Waals surface area contributed by atoms with Crippen LogP contribution in [0.15, 0.2) is 30.3 Å².